The number of carbonyl (C=O) groups excluding carboxylic acids is 2. The van der Waals surface area contributed by atoms with Gasteiger partial charge in [-0.25, -0.2) is 4.98 Å². The fourth-order valence-electron chi connectivity index (χ4n) is 4.01. The Bertz CT molecular complexity index is 1210. The number of carbonyl (C=O) groups is 2. The largest absolute Gasteiger partial charge is 0.340 e. The number of hydrogen-bond donors (Lipinski definition) is 1. The fourth-order valence-corrected chi connectivity index (χ4v) is 4.01. The van der Waals surface area contributed by atoms with E-state index < -0.39 is 10.8 Å². The van der Waals surface area contributed by atoms with Gasteiger partial charge in [0.1, 0.15) is 5.82 Å². The van der Waals surface area contributed by atoms with Crippen LogP contribution in [0.15, 0.2) is 42.5 Å². The van der Waals surface area contributed by atoms with Gasteiger partial charge < -0.3 is 14.8 Å². The number of nitro groups is 1. The minimum atomic E-state index is -0.528. The first-order valence-corrected chi connectivity index (χ1v) is 10.9. The lowest BCUT2D eigenvalue weighted by Gasteiger charge is -2.34. The first kappa shape index (κ1) is 22.4. The Morgan fingerprint density at radius 3 is 2.58 bits per heavy atom. The van der Waals surface area contributed by atoms with E-state index in [1.165, 1.54) is 24.3 Å². The molecule has 0 aliphatic carbocycles. The molecule has 1 saturated heterocycles. The number of hydrogen-bond acceptors (Lipinski definition) is 6. The summed E-state index contributed by atoms with van der Waals surface area (Å²) in [5.41, 5.74) is 2.34. The third-order valence-corrected chi connectivity index (χ3v) is 5.94. The van der Waals surface area contributed by atoms with E-state index in [0.717, 1.165) is 43.0 Å². The molecule has 0 bridgehead atoms. The van der Waals surface area contributed by atoms with Gasteiger partial charge in [-0.05, 0) is 24.3 Å². The molecule has 0 atom stereocenters. The number of aromatic nitrogens is 2. The van der Waals surface area contributed by atoms with Crippen molar-refractivity contribution in [1.29, 1.82) is 0 Å². The Labute approximate surface area is 190 Å². The number of imidazole rings is 1. The first-order chi connectivity index (χ1) is 15.9. The number of anilines is 1. The normalized spacial score (nSPS) is 14.4. The highest BCUT2D eigenvalue weighted by Gasteiger charge is 2.21. The minimum Gasteiger partial charge on any atom is -0.340 e. The molecule has 4 rings (SSSR count). The van der Waals surface area contributed by atoms with Crippen molar-refractivity contribution in [1.82, 2.24) is 19.4 Å². The molecule has 2 heterocycles. The zero-order valence-electron chi connectivity index (χ0n) is 18.7. The van der Waals surface area contributed by atoms with Gasteiger partial charge in [0, 0.05) is 63.0 Å². The van der Waals surface area contributed by atoms with E-state index in [2.05, 4.69) is 10.2 Å². The molecule has 172 valence electrons. The summed E-state index contributed by atoms with van der Waals surface area (Å²) in [5, 5.41) is 13.7. The van der Waals surface area contributed by atoms with E-state index in [1.807, 2.05) is 29.5 Å². The lowest BCUT2D eigenvalue weighted by atomic mass is 10.2. The second kappa shape index (κ2) is 9.37. The van der Waals surface area contributed by atoms with Crippen molar-refractivity contribution >= 4 is 34.2 Å². The SMILES string of the molecule is CCC(=O)N1CCN(Cc2nc3cc(NC(=O)c4cccc([N+](=O)[O-])c4)ccc3n2C)CC1. The molecule has 0 saturated carbocycles. The van der Waals surface area contributed by atoms with Gasteiger partial charge in [-0.3, -0.25) is 24.6 Å². The maximum absolute atomic E-state index is 12.6. The summed E-state index contributed by atoms with van der Waals surface area (Å²) in [4.78, 5) is 43.8. The number of benzene rings is 2. The average Bonchev–Trinajstić information content (AvgIpc) is 3.13. The van der Waals surface area contributed by atoms with Crippen molar-refractivity contribution in [2.75, 3.05) is 31.5 Å². The van der Waals surface area contributed by atoms with Gasteiger partial charge in [0.2, 0.25) is 5.91 Å². The van der Waals surface area contributed by atoms with Gasteiger partial charge in [0.25, 0.3) is 11.6 Å². The van der Waals surface area contributed by atoms with Crippen molar-refractivity contribution in [3.63, 3.8) is 0 Å². The molecule has 0 spiro atoms. The second-order valence-corrected chi connectivity index (χ2v) is 8.06. The van der Waals surface area contributed by atoms with Crippen molar-refractivity contribution < 1.29 is 14.5 Å². The number of nitro benzene ring substituents is 1. The van der Waals surface area contributed by atoms with Crippen LogP contribution in [0.2, 0.25) is 0 Å². The molecule has 3 aromatic rings. The second-order valence-electron chi connectivity index (χ2n) is 8.06. The third-order valence-electron chi connectivity index (χ3n) is 5.94. The van der Waals surface area contributed by atoms with Crippen LogP contribution in [0.4, 0.5) is 11.4 Å². The van der Waals surface area contributed by atoms with Crippen LogP contribution in [0.1, 0.15) is 29.5 Å². The minimum absolute atomic E-state index is 0.132. The lowest BCUT2D eigenvalue weighted by molar-refractivity contribution is -0.384. The molecule has 10 heteroatoms. The molecule has 2 aromatic carbocycles. The molecular weight excluding hydrogens is 424 g/mol. The van der Waals surface area contributed by atoms with Gasteiger partial charge in [0.05, 0.1) is 22.5 Å². The number of nitrogens with zero attached hydrogens (tertiary/aromatic N) is 5. The topological polar surface area (TPSA) is 114 Å². The van der Waals surface area contributed by atoms with Gasteiger partial charge in [0.15, 0.2) is 0 Å². The zero-order chi connectivity index (χ0) is 23.5. The molecule has 1 N–H and O–H groups in total. The maximum atomic E-state index is 12.6. The Kier molecular flexibility index (Phi) is 6.36. The van der Waals surface area contributed by atoms with Gasteiger partial charge in [-0.1, -0.05) is 13.0 Å². The maximum Gasteiger partial charge on any atom is 0.270 e. The number of aryl methyl sites for hydroxylation is 1. The van der Waals surface area contributed by atoms with Crippen LogP contribution in [0.25, 0.3) is 11.0 Å². The molecule has 0 unspecified atom stereocenters. The summed E-state index contributed by atoms with van der Waals surface area (Å²) in [5.74, 6) is 0.674. The monoisotopic (exact) mass is 450 g/mol. The number of amides is 2. The van der Waals surface area contributed by atoms with E-state index in [0.29, 0.717) is 18.7 Å². The highest BCUT2D eigenvalue weighted by molar-refractivity contribution is 6.05. The number of nitrogens with one attached hydrogen (secondary N) is 1. The summed E-state index contributed by atoms with van der Waals surface area (Å²) in [6, 6.07) is 11.1. The Balaban J connectivity index is 1.46. The molecule has 1 aromatic heterocycles. The summed E-state index contributed by atoms with van der Waals surface area (Å²) in [6.07, 6.45) is 0.533. The van der Waals surface area contributed by atoms with E-state index in [9.17, 15) is 19.7 Å². The molecule has 1 fully saturated rings. The lowest BCUT2D eigenvalue weighted by Crippen LogP contribution is -2.48. The quantitative estimate of drug-likeness (QED) is 0.456. The summed E-state index contributed by atoms with van der Waals surface area (Å²) in [6.45, 7) is 5.62. The van der Waals surface area contributed by atoms with E-state index in [1.54, 1.807) is 12.1 Å². The molecular formula is C23H26N6O4. The highest BCUT2D eigenvalue weighted by Crippen LogP contribution is 2.22. The molecule has 1 aliphatic heterocycles. The van der Waals surface area contributed by atoms with Crippen molar-refractivity contribution in [2.24, 2.45) is 7.05 Å². The summed E-state index contributed by atoms with van der Waals surface area (Å²) in [7, 11) is 1.96. The standard InChI is InChI=1S/C23H26N6O4/c1-3-22(30)28-11-9-27(10-12-28)15-21-25-19-14-17(7-8-20(19)26(21)2)24-23(31)16-5-4-6-18(13-16)29(32)33/h4-8,13-14H,3,9-12,15H2,1-2H3,(H,24,31). The van der Waals surface area contributed by atoms with Crippen molar-refractivity contribution in [3.8, 4) is 0 Å². The van der Waals surface area contributed by atoms with Crippen LogP contribution in [0, 0.1) is 10.1 Å². The predicted octanol–water partition coefficient (Wildman–Crippen LogP) is 2.79. The van der Waals surface area contributed by atoms with Crippen LogP contribution in [-0.4, -0.2) is 62.3 Å². The van der Waals surface area contributed by atoms with Crippen molar-refractivity contribution in [2.45, 2.75) is 19.9 Å². The van der Waals surface area contributed by atoms with E-state index in [-0.39, 0.29) is 17.2 Å². The summed E-state index contributed by atoms with van der Waals surface area (Å²) < 4.78 is 2.03. The smallest absolute Gasteiger partial charge is 0.270 e. The Morgan fingerprint density at radius 2 is 1.88 bits per heavy atom. The number of fused-ring (bicyclic) bond motifs is 1. The van der Waals surface area contributed by atoms with Crippen LogP contribution >= 0.6 is 0 Å². The first-order valence-electron chi connectivity index (χ1n) is 10.9. The average molecular weight is 450 g/mol. The van der Waals surface area contributed by atoms with Crippen molar-refractivity contribution in [3.05, 3.63) is 64.0 Å². The molecule has 2 amide bonds. The molecule has 1 aliphatic rings. The van der Waals surface area contributed by atoms with Gasteiger partial charge in [-0.15, -0.1) is 0 Å². The highest BCUT2D eigenvalue weighted by atomic mass is 16.6. The fraction of sp³-hybridized carbons (Fsp3) is 0.348. The Morgan fingerprint density at radius 1 is 1.12 bits per heavy atom. The zero-order valence-corrected chi connectivity index (χ0v) is 18.7. The number of piperazine rings is 1. The molecule has 33 heavy (non-hydrogen) atoms. The number of non-ortho nitro benzene ring substituents is 1. The predicted molar refractivity (Wildman–Crippen MR) is 124 cm³/mol. The molecule has 0 radical (unpaired) electrons. The van der Waals surface area contributed by atoms with E-state index >= 15 is 0 Å². The van der Waals surface area contributed by atoms with Crippen LogP contribution in [-0.2, 0) is 18.4 Å². The molecule has 10 nitrogen and oxygen atoms in total. The van der Waals surface area contributed by atoms with Gasteiger partial charge >= 0.3 is 0 Å². The van der Waals surface area contributed by atoms with Crippen LogP contribution in [0.5, 0.6) is 0 Å². The van der Waals surface area contributed by atoms with Gasteiger partial charge in [-0.2, -0.15) is 0 Å². The van der Waals surface area contributed by atoms with Crippen LogP contribution in [0.3, 0.4) is 0 Å². The Hall–Kier alpha value is -3.79. The number of rotatable bonds is 6. The van der Waals surface area contributed by atoms with E-state index in [4.69, 9.17) is 4.98 Å². The third kappa shape index (κ3) is 4.85. The van der Waals surface area contributed by atoms with Crippen LogP contribution < -0.4 is 5.32 Å². The summed E-state index contributed by atoms with van der Waals surface area (Å²) >= 11 is 0.